The van der Waals surface area contributed by atoms with E-state index in [2.05, 4.69) is 33.9 Å². The Balaban J connectivity index is 2.06. The molecule has 0 saturated carbocycles. The van der Waals surface area contributed by atoms with Crippen LogP contribution in [0.3, 0.4) is 0 Å². The third kappa shape index (κ3) is 3.14. The molecular weight excluding hydrogens is 290 g/mol. The van der Waals surface area contributed by atoms with Gasteiger partial charge in [0.25, 0.3) is 0 Å². The third-order valence-corrected chi connectivity index (χ3v) is 3.81. The Hall–Kier alpha value is -2.53. The molecule has 0 spiro atoms. The first-order valence-electron chi connectivity index (χ1n) is 7.66. The lowest BCUT2D eigenvalue weighted by Crippen LogP contribution is -2.12. The van der Waals surface area contributed by atoms with Gasteiger partial charge in [0.2, 0.25) is 5.95 Å². The van der Waals surface area contributed by atoms with Gasteiger partial charge in [0.05, 0.1) is 31.3 Å². The SMILES string of the molecule is COc1ccc(C)cc1Cn1c(NCCO)nc2ccccc21. The average molecular weight is 311 g/mol. The fourth-order valence-electron chi connectivity index (χ4n) is 2.74. The molecule has 0 aliphatic carbocycles. The zero-order valence-electron chi connectivity index (χ0n) is 13.4. The van der Waals surface area contributed by atoms with Gasteiger partial charge in [-0.15, -0.1) is 0 Å². The number of nitrogens with one attached hydrogen (secondary N) is 1. The molecule has 3 rings (SSSR count). The largest absolute Gasteiger partial charge is 0.496 e. The number of aryl methyl sites for hydroxylation is 1. The van der Waals surface area contributed by atoms with Gasteiger partial charge in [0.1, 0.15) is 5.75 Å². The predicted octanol–water partition coefficient (Wildman–Crippen LogP) is 2.81. The highest BCUT2D eigenvalue weighted by Gasteiger charge is 2.12. The van der Waals surface area contributed by atoms with Gasteiger partial charge in [-0.25, -0.2) is 4.98 Å². The van der Waals surface area contributed by atoms with E-state index in [4.69, 9.17) is 9.84 Å². The minimum Gasteiger partial charge on any atom is -0.496 e. The molecule has 0 saturated heterocycles. The van der Waals surface area contributed by atoms with Gasteiger partial charge in [0.15, 0.2) is 0 Å². The van der Waals surface area contributed by atoms with Crippen LogP contribution >= 0.6 is 0 Å². The average Bonchev–Trinajstić information content (AvgIpc) is 2.91. The van der Waals surface area contributed by atoms with Crippen LogP contribution < -0.4 is 10.1 Å². The lowest BCUT2D eigenvalue weighted by atomic mass is 10.1. The van der Waals surface area contributed by atoms with Crippen molar-refractivity contribution in [3.8, 4) is 5.75 Å². The van der Waals surface area contributed by atoms with Gasteiger partial charge in [-0.05, 0) is 25.1 Å². The Morgan fingerprint density at radius 2 is 2.04 bits per heavy atom. The van der Waals surface area contributed by atoms with E-state index in [0.717, 1.165) is 28.3 Å². The van der Waals surface area contributed by atoms with Gasteiger partial charge in [-0.1, -0.05) is 29.8 Å². The molecule has 0 atom stereocenters. The van der Waals surface area contributed by atoms with E-state index in [1.54, 1.807) is 7.11 Å². The van der Waals surface area contributed by atoms with Crippen LogP contribution in [-0.2, 0) is 6.54 Å². The summed E-state index contributed by atoms with van der Waals surface area (Å²) in [5, 5.41) is 12.3. The first-order valence-corrected chi connectivity index (χ1v) is 7.66. The topological polar surface area (TPSA) is 59.3 Å². The number of nitrogens with zero attached hydrogens (tertiary/aromatic N) is 2. The fourth-order valence-corrected chi connectivity index (χ4v) is 2.74. The summed E-state index contributed by atoms with van der Waals surface area (Å²) >= 11 is 0. The maximum Gasteiger partial charge on any atom is 0.204 e. The van der Waals surface area contributed by atoms with Crippen LogP contribution in [0.4, 0.5) is 5.95 Å². The molecule has 0 radical (unpaired) electrons. The van der Waals surface area contributed by atoms with E-state index < -0.39 is 0 Å². The second-order valence-corrected chi connectivity index (χ2v) is 5.48. The molecule has 0 amide bonds. The summed E-state index contributed by atoms with van der Waals surface area (Å²) in [5.41, 5.74) is 4.27. The highest BCUT2D eigenvalue weighted by atomic mass is 16.5. The lowest BCUT2D eigenvalue weighted by Gasteiger charge is -2.14. The molecule has 0 fully saturated rings. The van der Waals surface area contributed by atoms with Crippen molar-refractivity contribution in [1.82, 2.24) is 9.55 Å². The number of hydrogen-bond donors (Lipinski definition) is 2. The Morgan fingerprint density at radius 3 is 2.83 bits per heavy atom. The monoisotopic (exact) mass is 311 g/mol. The second-order valence-electron chi connectivity index (χ2n) is 5.48. The summed E-state index contributed by atoms with van der Waals surface area (Å²) < 4.78 is 7.60. The minimum absolute atomic E-state index is 0.0664. The predicted molar refractivity (Wildman–Crippen MR) is 92.1 cm³/mol. The number of anilines is 1. The number of ether oxygens (including phenoxy) is 1. The van der Waals surface area contributed by atoms with Crippen molar-refractivity contribution in [2.24, 2.45) is 0 Å². The van der Waals surface area contributed by atoms with Gasteiger partial charge < -0.3 is 19.7 Å². The standard InChI is InChI=1S/C18H21N3O2/c1-13-7-8-17(23-2)14(11-13)12-21-16-6-4-3-5-15(16)20-18(21)19-9-10-22/h3-8,11,22H,9-10,12H2,1-2H3,(H,19,20). The smallest absolute Gasteiger partial charge is 0.204 e. The second kappa shape index (κ2) is 6.71. The summed E-state index contributed by atoms with van der Waals surface area (Å²) in [6, 6.07) is 14.2. The first-order chi connectivity index (χ1) is 11.2. The molecule has 1 aromatic heterocycles. The molecule has 0 bridgehead atoms. The Bertz CT molecular complexity index is 811. The molecule has 3 aromatic rings. The van der Waals surface area contributed by atoms with E-state index in [1.807, 2.05) is 30.3 Å². The molecule has 1 heterocycles. The number of fused-ring (bicyclic) bond motifs is 1. The van der Waals surface area contributed by atoms with Crippen LogP contribution in [-0.4, -0.2) is 34.9 Å². The van der Waals surface area contributed by atoms with Crippen molar-refractivity contribution in [2.45, 2.75) is 13.5 Å². The molecule has 0 unspecified atom stereocenters. The quantitative estimate of drug-likeness (QED) is 0.735. The summed E-state index contributed by atoms with van der Waals surface area (Å²) in [5.74, 6) is 1.62. The summed E-state index contributed by atoms with van der Waals surface area (Å²) in [6.45, 7) is 3.25. The maximum atomic E-state index is 9.08. The van der Waals surface area contributed by atoms with E-state index in [0.29, 0.717) is 13.1 Å². The van der Waals surface area contributed by atoms with Crippen molar-refractivity contribution >= 4 is 17.0 Å². The zero-order chi connectivity index (χ0) is 16.2. The highest BCUT2D eigenvalue weighted by Crippen LogP contribution is 2.26. The zero-order valence-corrected chi connectivity index (χ0v) is 13.4. The Kier molecular flexibility index (Phi) is 4.48. The minimum atomic E-state index is 0.0664. The van der Waals surface area contributed by atoms with E-state index in [1.165, 1.54) is 5.56 Å². The van der Waals surface area contributed by atoms with Crippen molar-refractivity contribution in [3.63, 3.8) is 0 Å². The number of para-hydroxylation sites is 2. The number of rotatable bonds is 6. The summed E-state index contributed by atoms with van der Waals surface area (Å²) in [7, 11) is 1.69. The first kappa shape index (κ1) is 15.4. The molecule has 23 heavy (non-hydrogen) atoms. The van der Waals surface area contributed by atoms with Gasteiger partial charge in [0, 0.05) is 12.1 Å². The molecular formula is C18H21N3O2. The lowest BCUT2D eigenvalue weighted by molar-refractivity contribution is 0.310. The van der Waals surface area contributed by atoms with E-state index in [-0.39, 0.29) is 6.61 Å². The molecule has 0 aliphatic rings. The third-order valence-electron chi connectivity index (χ3n) is 3.81. The van der Waals surface area contributed by atoms with Crippen LogP contribution in [0.15, 0.2) is 42.5 Å². The number of aliphatic hydroxyl groups excluding tert-OH is 1. The summed E-state index contributed by atoms with van der Waals surface area (Å²) in [4.78, 5) is 4.62. The van der Waals surface area contributed by atoms with Crippen molar-refractivity contribution in [2.75, 3.05) is 25.6 Å². The highest BCUT2D eigenvalue weighted by molar-refractivity contribution is 5.78. The number of benzene rings is 2. The maximum absolute atomic E-state index is 9.08. The number of imidazole rings is 1. The Labute approximate surface area is 135 Å². The molecule has 2 N–H and O–H groups in total. The molecule has 0 aliphatic heterocycles. The molecule has 5 heteroatoms. The van der Waals surface area contributed by atoms with E-state index >= 15 is 0 Å². The fraction of sp³-hybridized carbons (Fsp3) is 0.278. The van der Waals surface area contributed by atoms with Crippen molar-refractivity contribution in [3.05, 3.63) is 53.6 Å². The number of aliphatic hydroxyl groups is 1. The number of hydrogen-bond acceptors (Lipinski definition) is 4. The normalized spacial score (nSPS) is 10.9. The van der Waals surface area contributed by atoms with Crippen LogP contribution in [0, 0.1) is 6.92 Å². The van der Waals surface area contributed by atoms with E-state index in [9.17, 15) is 0 Å². The van der Waals surface area contributed by atoms with Crippen LogP contribution in [0.5, 0.6) is 5.75 Å². The molecule has 5 nitrogen and oxygen atoms in total. The number of methoxy groups -OCH3 is 1. The van der Waals surface area contributed by atoms with Crippen LogP contribution in [0.1, 0.15) is 11.1 Å². The van der Waals surface area contributed by atoms with Crippen molar-refractivity contribution in [1.29, 1.82) is 0 Å². The number of aromatic nitrogens is 2. The van der Waals surface area contributed by atoms with Gasteiger partial charge in [-0.3, -0.25) is 0 Å². The molecule has 120 valence electrons. The van der Waals surface area contributed by atoms with Gasteiger partial charge in [-0.2, -0.15) is 0 Å². The summed E-state index contributed by atoms with van der Waals surface area (Å²) in [6.07, 6.45) is 0. The Morgan fingerprint density at radius 1 is 1.22 bits per heavy atom. The molecule has 2 aromatic carbocycles. The van der Waals surface area contributed by atoms with Gasteiger partial charge >= 0.3 is 0 Å². The van der Waals surface area contributed by atoms with Crippen LogP contribution in [0.2, 0.25) is 0 Å². The van der Waals surface area contributed by atoms with Crippen molar-refractivity contribution < 1.29 is 9.84 Å². The van der Waals surface area contributed by atoms with Crippen LogP contribution in [0.25, 0.3) is 11.0 Å².